The van der Waals surface area contributed by atoms with Crippen molar-refractivity contribution >= 4 is 0 Å². The van der Waals surface area contributed by atoms with Crippen LogP contribution in [0.25, 0.3) is 0 Å². The van der Waals surface area contributed by atoms with E-state index in [1.54, 1.807) is 14.2 Å². The van der Waals surface area contributed by atoms with Crippen LogP contribution in [-0.2, 0) is 13.5 Å². The molecule has 0 fully saturated rings. The second kappa shape index (κ2) is 6.18. The number of benzene rings is 1. The fraction of sp³-hybridized carbons (Fsp3) is 0.438. The molecule has 0 saturated heterocycles. The average Bonchev–Trinajstić information content (AvgIpc) is 2.72. The Labute approximate surface area is 125 Å². The third kappa shape index (κ3) is 3.19. The molecule has 2 N–H and O–H groups in total. The van der Waals surface area contributed by atoms with E-state index in [2.05, 4.69) is 12.0 Å². The van der Waals surface area contributed by atoms with Crippen LogP contribution in [0.3, 0.4) is 0 Å². The van der Waals surface area contributed by atoms with Crippen molar-refractivity contribution in [2.24, 2.45) is 12.8 Å². The Balaban J connectivity index is 2.29. The summed E-state index contributed by atoms with van der Waals surface area (Å²) in [4.78, 5) is 0. The first-order valence-electron chi connectivity index (χ1n) is 6.94. The minimum absolute atomic E-state index is 0.129. The van der Waals surface area contributed by atoms with Crippen LogP contribution in [0.2, 0.25) is 0 Å². The maximum Gasteiger partial charge on any atom is 0.122 e. The Morgan fingerprint density at radius 1 is 1.14 bits per heavy atom. The molecule has 1 heterocycles. The summed E-state index contributed by atoms with van der Waals surface area (Å²) < 4.78 is 12.5. The Morgan fingerprint density at radius 2 is 1.71 bits per heavy atom. The van der Waals surface area contributed by atoms with Gasteiger partial charge in [0.15, 0.2) is 0 Å². The van der Waals surface area contributed by atoms with Gasteiger partial charge < -0.3 is 15.2 Å². The van der Waals surface area contributed by atoms with E-state index in [-0.39, 0.29) is 6.04 Å². The van der Waals surface area contributed by atoms with E-state index in [4.69, 9.17) is 15.2 Å². The zero-order chi connectivity index (χ0) is 15.6. The predicted octanol–water partition coefficient (Wildman–Crippen LogP) is 2.30. The highest BCUT2D eigenvalue weighted by Gasteiger charge is 2.16. The molecule has 21 heavy (non-hydrogen) atoms. The van der Waals surface area contributed by atoms with Crippen molar-refractivity contribution in [1.29, 1.82) is 0 Å². The number of hydrogen-bond donors (Lipinski definition) is 1. The van der Waals surface area contributed by atoms with Gasteiger partial charge in [-0.1, -0.05) is 0 Å². The van der Waals surface area contributed by atoms with Gasteiger partial charge in [-0.2, -0.15) is 5.10 Å². The molecule has 0 radical (unpaired) electrons. The van der Waals surface area contributed by atoms with Gasteiger partial charge in [0.25, 0.3) is 0 Å². The lowest BCUT2D eigenvalue weighted by Crippen LogP contribution is -2.14. The molecule has 1 unspecified atom stereocenters. The van der Waals surface area contributed by atoms with Gasteiger partial charge in [0.05, 0.1) is 19.9 Å². The highest BCUT2D eigenvalue weighted by Crippen LogP contribution is 2.28. The summed E-state index contributed by atoms with van der Waals surface area (Å²) in [7, 11) is 5.23. The minimum Gasteiger partial charge on any atom is -0.497 e. The SMILES string of the molecule is COc1cc(OC)cc(C(N)Cc2c(C)nn(C)c2C)c1. The highest BCUT2D eigenvalue weighted by atomic mass is 16.5. The molecule has 1 aromatic carbocycles. The van der Waals surface area contributed by atoms with Gasteiger partial charge in [-0.25, -0.2) is 0 Å². The number of ether oxygens (including phenoxy) is 2. The lowest BCUT2D eigenvalue weighted by molar-refractivity contribution is 0.392. The fourth-order valence-electron chi connectivity index (χ4n) is 2.49. The van der Waals surface area contributed by atoms with Crippen molar-refractivity contribution in [3.05, 3.63) is 40.7 Å². The van der Waals surface area contributed by atoms with Crippen LogP contribution in [0, 0.1) is 13.8 Å². The van der Waals surface area contributed by atoms with E-state index in [9.17, 15) is 0 Å². The van der Waals surface area contributed by atoms with Gasteiger partial charge in [0.2, 0.25) is 0 Å². The van der Waals surface area contributed by atoms with Crippen molar-refractivity contribution in [2.75, 3.05) is 14.2 Å². The van der Waals surface area contributed by atoms with Crippen LogP contribution in [0.4, 0.5) is 0 Å². The topological polar surface area (TPSA) is 62.3 Å². The third-order valence-corrected chi connectivity index (χ3v) is 3.88. The second-order valence-electron chi connectivity index (χ2n) is 5.23. The van der Waals surface area contributed by atoms with Crippen molar-refractivity contribution in [3.63, 3.8) is 0 Å². The summed E-state index contributed by atoms with van der Waals surface area (Å²) >= 11 is 0. The number of aryl methyl sites for hydroxylation is 2. The van der Waals surface area contributed by atoms with Gasteiger partial charge in [0, 0.05) is 24.8 Å². The predicted molar refractivity (Wildman–Crippen MR) is 82.9 cm³/mol. The number of hydrogen-bond acceptors (Lipinski definition) is 4. The summed E-state index contributed by atoms with van der Waals surface area (Å²) in [5.41, 5.74) is 10.7. The van der Waals surface area contributed by atoms with Crippen LogP contribution in [0.15, 0.2) is 18.2 Å². The van der Waals surface area contributed by atoms with E-state index in [0.29, 0.717) is 0 Å². The number of aromatic nitrogens is 2. The Kier molecular flexibility index (Phi) is 4.53. The molecule has 2 rings (SSSR count). The molecule has 2 aromatic rings. The smallest absolute Gasteiger partial charge is 0.122 e. The van der Waals surface area contributed by atoms with Crippen LogP contribution in [-0.4, -0.2) is 24.0 Å². The largest absolute Gasteiger partial charge is 0.497 e. The molecular formula is C16H23N3O2. The monoisotopic (exact) mass is 289 g/mol. The number of methoxy groups -OCH3 is 2. The lowest BCUT2D eigenvalue weighted by atomic mass is 9.98. The standard InChI is InChI=1S/C16H23N3O2/c1-10-15(11(2)19(3)18-10)9-16(17)12-6-13(20-4)8-14(7-12)21-5/h6-8,16H,9,17H2,1-5H3. The first kappa shape index (κ1) is 15.4. The first-order valence-corrected chi connectivity index (χ1v) is 6.94. The summed E-state index contributed by atoms with van der Waals surface area (Å²) in [6.07, 6.45) is 0.738. The van der Waals surface area contributed by atoms with Gasteiger partial charge in [-0.05, 0) is 43.5 Å². The highest BCUT2D eigenvalue weighted by molar-refractivity contribution is 5.40. The van der Waals surface area contributed by atoms with E-state index >= 15 is 0 Å². The van der Waals surface area contributed by atoms with Crippen molar-refractivity contribution in [3.8, 4) is 11.5 Å². The number of rotatable bonds is 5. The molecule has 0 aliphatic rings. The van der Waals surface area contributed by atoms with E-state index in [1.165, 1.54) is 5.56 Å². The molecule has 1 aromatic heterocycles. The Bertz CT molecular complexity index is 612. The lowest BCUT2D eigenvalue weighted by Gasteiger charge is -2.15. The second-order valence-corrected chi connectivity index (χ2v) is 5.23. The molecule has 0 amide bonds. The fourth-order valence-corrected chi connectivity index (χ4v) is 2.49. The maximum atomic E-state index is 6.37. The Hall–Kier alpha value is -2.01. The van der Waals surface area contributed by atoms with E-state index in [0.717, 1.165) is 34.9 Å². The van der Waals surface area contributed by atoms with Crippen molar-refractivity contribution in [2.45, 2.75) is 26.3 Å². The molecule has 114 valence electrons. The molecule has 0 bridgehead atoms. The van der Waals surface area contributed by atoms with E-state index in [1.807, 2.05) is 36.9 Å². The van der Waals surface area contributed by atoms with Crippen LogP contribution in [0.1, 0.15) is 28.6 Å². The molecule has 0 spiro atoms. The van der Waals surface area contributed by atoms with Gasteiger partial charge in [-0.15, -0.1) is 0 Å². The molecule has 1 atom stereocenters. The molecule has 5 heteroatoms. The van der Waals surface area contributed by atoms with Crippen LogP contribution in [0.5, 0.6) is 11.5 Å². The molecule has 0 aliphatic carbocycles. The first-order chi connectivity index (χ1) is 9.96. The summed E-state index contributed by atoms with van der Waals surface area (Å²) in [5.74, 6) is 1.50. The van der Waals surface area contributed by atoms with Crippen molar-refractivity contribution in [1.82, 2.24) is 9.78 Å². The Morgan fingerprint density at radius 3 is 2.14 bits per heavy atom. The third-order valence-electron chi connectivity index (χ3n) is 3.88. The van der Waals surface area contributed by atoms with Gasteiger partial charge >= 0.3 is 0 Å². The number of nitrogens with two attached hydrogens (primary N) is 1. The molecular weight excluding hydrogens is 266 g/mol. The normalized spacial score (nSPS) is 12.3. The van der Waals surface area contributed by atoms with Gasteiger partial charge in [-0.3, -0.25) is 4.68 Å². The molecule has 0 aliphatic heterocycles. The maximum absolute atomic E-state index is 6.37. The average molecular weight is 289 g/mol. The summed E-state index contributed by atoms with van der Waals surface area (Å²) in [5, 5.41) is 4.44. The molecule has 5 nitrogen and oxygen atoms in total. The van der Waals surface area contributed by atoms with Crippen molar-refractivity contribution < 1.29 is 9.47 Å². The number of nitrogens with zero attached hydrogens (tertiary/aromatic N) is 2. The minimum atomic E-state index is -0.129. The summed E-state index contributed by atoms with van der Waals surface area (Å²) in [6, 6.07) is 5.62. The zero-order valence-corrected chi connectivity index (χ0v) is 13.3. The molecule has 0 saturated carbocycles. The van der Waals surface area contributed by atoms with E-state index < -0.39 is 0 Å². The zero-order valence-electron chi connectivity index (χ0n) is 13.3. The van der Waals surface area contributed by atoms with Gasteiger partial charge in [0.1, 0.15) is 11.5 Å². The summed E-state index contributed by atoms with van der Waals surface area (Å²) in [6.45, 7) is 4.08. The van der Waals surface area contributed by atoms with Crippen LogP contribution >= 0.6 is 0 Å². The van der Waals surface area contributed by atoms with Crippen LogP contribution < -0.4 is 15.2 Å². The quantitative estimate of drug-likeness (QED) is 0.917.